The SMILES string of the molecule is COc1cc2c(OC)ncnc2cc1OCCCN1CCOCC1. The lowest BCUT2D eigenvalue weighted by molar-refractivity contribution is 0.0357. The van der Waals surface area contributed by atoms with Crippen LogP contribution in [0.25, 0.3) is 10.9 Å². The first-order valence-corrected chi connectivity index (χ1v) is 8.11. The fraction of sp³-hybridized carbons (Fsp3) is 0.529. The molecular weight excluding hydrogens is 310 g/mol. The lowest BCUT2D eigenvalue weighted by atomic mass is 10.2. The second kappa shape index (κ2) is 8.12. The first kappa shape index (κ1) is 16.7. The zero-order valence-electron chi connectivity index (χ0n) is 14.2. The molecule has 3 rings (SSSR count). The molecule has 1 saturated heterocycles. The molecule has 2 heterocycles. The summed E-state index contributed by atoms with van der Waals surface area (Å²) in [7, 11) is 3.21. The Hall–Kier alpha value is -2.12. The number of methoxy groups -OCH3 is 2. The smallest absolute Gasteiger partial charge is 0.224 e. The number of benzene rings is 1. The second-order valence-corrected chi connectivity index (χ2v) is 5.56. The van der Waals surface area contributed by atoms with Crippen LogP contribution in [0.1, 0.15) is 6.42 Å². The lowest BCUT2D eigenvalue weighted by Gasteiger charge is -2.26. The van der Waals surface area contributed by atoms with Gasteiger partial charge in [-0.3, -0.25) is 4.90 Å². The van der Waals surface area contributed by atoms with Crippen molar-refractivity contribution in [1.82, 2.24) is 14.9 Å². The normalized spacial score (nSPS) is 15.4. The maximum Gasteiger partial charge on any atom is 0.224 e. The summed E-state index contributed by atoms with van der Waals surface area (Å²) in [6, 6.07) is 3.72. The standard InChI is InChI=1S/C17H23N3O4/c1-21-15-10-13-14(18-12-19-17(13)22-2)11-16(15)24-7-3-4-20-5-8-23-9-6-20/h10-12H,3-9H2,1-2H3. The average Bonchev–Trinajstić information content (AvgIpc) is 2.64. The minimum Gasteiger partial charge on any atom is -0.493 e. The predicted octanol–water partition coefficient (Wildman–Crippen LogP) is 1.75. The van der Waals surface area contributed by atoms with E-state index in [-0.39, 0.29) is 0 Å². The van der Waals surface area contributed by atoms with Gasteiger partial charge in [-0.05, 0) is 12.5 Å². The van der Waals surface area contributed by atoms with E-state index < -0.39 is 0 Å². The number of morpholine rings is 1. The van der Waals surface area contributed by atoms with Crippen molar-refractivity contribution in [2.75, 3.05) is 53.7 Å². The van der Waals surface area contributed by atoms with Crippen molar-refractivity contribution in [2.24, 2.45) is 0 Å². The molecule has 0 bridgehead atoms. The average molecular weight is 333 g/mol. The van der Waals surface area contributed by atoms with E-state index in [0.717, 1.165) is 50.2 Å². The van der Waals surface area contributed by atoms with Gasteiger partial charge in [-0.1, -0.05) is 0 Å². The Balaban J connectivity index is 1.65. The van der Waals surface area contributed by atoms with Gasteiger partial charge in [0.2, 0.25) is 5.88 Å². The van der Waals surface area contributed by atoms with Gasteiger partial charge in [-0.2, -0.15) is 0 Å². The van der Waals surface area contributed by atoms with Crippen LogP contribution < -0.4 is 14.2 Å². The van der Waals surface area contributed by atoms with Crippen LogP contribution in [0.15, 0.2) is 18.5 Å². The molecule has 2 aromatic rings. The molecule has 1 aromatic heterocycles. The number of ether oxygens (including phenoxy) is 4. The molecule has 0 N–H and O–H groups in total. The fourth-order valence-electron chi connectivity index (χ4n) is 2.77. The van der Waals surface area contributed by atoms with Crippen molar-refractivity contribution >= 4 is 10.9 Å². The summed E-state index contributed by atoms with van der Waals surface area (Å²) >= 11 is 0. The van der Waals surface area contributed by atoms with Crippen LogP contribution in [0.4, 0.5) is 0 Å². The topological polar surface area (TPSA) is 65.9 Å². The summed E-state index contributed by atoms with van der Waals surface area (Å²) in [5.74, 6) is 1.87. The third kappa shape index (κ3) is 3.85. The third-order valence-corrected chi connectivity index (χ3v) is 4.06. The molecule has 0 atom stereocenters. The number of hydrogen-bond donors (Lipinski definition) is 0. The maximum absolute atomic E-state index is 5.92. The molecule has 0 saturated carbocycles. The van der Waals surface area contributed by atoms with Crippen LogP contribution in [0.3, 0.4) is 0 Å². The van der Waals surface area contributed by atoms with Crippen LogP contribution in [0.5, 0.6) is 17.4 Å². The molecule has 0 radical (unpaired) electrons. The quantitative estimate of drug-likeness (QED) is 0.715. The van der Waals surface area contributed by atoms with Gasteiger partial charge in [0.25, 0.3) is 0 Å². The Kier molecular flexibility index (Phi) is 5.66. The van der Waals surface area contributed by atoms with E-state index in [1.807, 2.05) is 12.1 Å². The van der Waals surface area contributed by atoms with Gasteiger partial charge in [0.15, 0.2) is 11.5 Å². The molecule has 1 fully saturated rings. The van der Waals surface area contributed by atoms with Gasteiger partial charge in [0.1, 0.15) is 6.33 Å². The summed E-state index contributed by atoms with van der Waals surface area (Å²) in [4.78, 5) is 10.8. The van der Waals surface area contributed by atoms with E-state index in [1.165, 1.54) is 6.33 Å². The highest BCUT2D eigenvalue weighted by molar-refractivity contribution is 5.86. The van der Waals surface area contributed by atoms with Gasteiger partial charge in [0.05, 0.1) is 44.9 Å². The summed E-state index contributed by atoms with van der Waals surface area (Å²) < 4.78 is 22.0. The zero-order valence-corrected chi connectivity index (χ0v) is 14.2. The maximum atomic E-state index is 5.92. The minimum atomic E-state index is 0.525. The van der Waals surface area contributed by atoms with Crippen LogP contribution in [0.2, 0.25) is 0 Å². The van der Waals surface area contributed by atoms with E-state index in [4.69, 9.17) is 18.9 Å². The monoisotopic (exact) mass is 333 g/mol. The number of aromatic nitrogens is 2. The predicted molar refractivity (Wildman–Crippen MR) is 90.0 cm³/mol. The number of hydrogen-bond acceptors (Lipinski definition) is 7. The highest BCUT2D eigenvalue weighted by Gasteiger charge is 2.13. The lowest BCUT2D eigenvalue weighted by Crippen LogP contribution is -2.37. The molecule has 1 aromatic carbocycles. The van der Waals surface area contributed by atoms with Gasteiger partial charge < -0.3 is 18.9 Å². The Morgan fingerprint density at radius 1 is 1.08 bits per heavy atom. The molecular formula is C17H23N3O4. The fourth-order valence-corrected chi connectivity index (χ4v) is 2.77. The molecule has 7 heteroatoms. The minimum absolute atomic E-state index is 0.525. The number of fused-ring (bicyclic) bond motifs is 1. The summed E-state index contributed by atoms with van der Waals surface area (Å²) in [5, 5.41) is 0.803. The number of rotatable bonds is 7. The highest BCUT2D eigenvalue weighted by Crippen LogP contribution is 2.34. The Morgan fingerprint density at radius 3 is 2.67 bits per heavy atom. The third-order valence-electron chi connectivity index (χ3n) is 4.06. The highest BCUT2D eigenvalue weighted by atomic mass is 16.5. The van der Waals surface area contributed by atoms with E-state index in [9.17, 15) is 0 Å². The summed E-state index contributed by atoms with van der Waals surface area (Å²) in [6.07, 6.45) is 2.43. The van der Waals surface area contributed by atoms with Crippen molar-refractivity contribution in [2.45, 2.75) is 6.42 Å². The molecule has 0 amide bonds. The first-order chi connectivity index (χ1) is 11.8. The van der Waals surface area contributed by atoms with Crippen molar-refractivity contribution in [1.29, 1.82) is 0 Å². The van der Waals surface area contributed by atoms with Gasteiger partial charge in [-0.25, -0.2) is 9.97 Å². The summed E-state index contributed by atoms with van der Waals surface area (Å²) in [6.45, 7) is 5.27. The Labute approximate surface area is 141 Å². The van der Waals surface area contributed by atoms with E-state index in [1.54, 1.807) is 14.2 Å². The molecule has 130 valence electrons. The van der Waals surface area contributed by atoms with Crippen LogP contribution in [-0.2, 0) is 4.74 Å². The van der Waals surface area contributed by atoms with Gasteiger partial charge in [0, 0.05) is 25.7 Å². The van der Waals surface area contributed by atoms with E-state index in [0.29, 0.717) is 24.0 Å². The number of nitrogens with zero attached hydrogens (tertiary/aromatic N) is 3. The largest absolute Gasteiger partial charge is 0.493 e. The zero-order chi connectivity index (χ0) is 16.8. The second-order valence-electron chi connectivity index (χ2n) is 5.56. The van der Waals surface area contributed by atoms with Crippen LogP contribution in [-0.4, -0.2) is 68.5 Å². The van der Waals surface area contributed by atoms with Crippen molar-refractivity contribution in [3.63, 3.8) is 0 Å². The van der Waals surface area contributed by atoms with Crippen molar-refractivity contribution in [3.05, 3.63) is 18.5 Å². The molecule has 1 aliphatic heterocycles. The van der Waals surface area contributed by atoms with Crippen LogP contribution >= 0.6 is 0 Å². The summed E-state index contributed by atoms with van der Waals surface area (Å²) in [5.41, 5.74) is 0.769. The molecule has 1 aliphatic rings. The van der Waals surface area contributed by atoms with Gasteiger partial charge >= 0.3 is 0 Å². The van der Waals surface area contributed by atoms with Crippen LogP contribution in [0, 0.1) is 0 Å². The molecule has 0 spiro atoms. The Bertz CT molecular complexity index is 674. The Morgan fingerprint density at radius 2 is 1.92 bits per heavy atom. The first-order valence-electron chi connectivity index (χ1n) is 8.11. The molecule has 7 nitrogen and oxygen atoms in total. The molecule has 0 unspecified atom stereocenters. The molecule has 0 aliphatic carbocycles. The van der Waals surface area contributed by atoms with Crippen molar-refractivity contribution in [3.8, 4) is 17.4 Å². The van der Waals surface area contributed by atoms with E-state index >= 15 is 0 Å². The van der Waals surface area contributed by atoms with Crippen molar-refractivity contribution < 1.29 is 18.9 Å². The van der Waals surface area contributed by atoms with E-state index in [2.05, 4.69) is 14.9 Å². The van der Waals surface area contributed by atoms with Gasteiger partial charge in [-0.15, -0.1) is 0 Å². The molecule has 24 heavy (non-hydrogen) atoms.